The molecule has 14 heavy (non-hydrogen) atoms. The molecule has 0 spiro atoms. The number of amides is 1. The second-order valence-electron chi connectivity index (χ2n) is 4.40. The molecule has 0 aliphatic heterocycles. The Morgan fingerprint density at radius 1 is 1.36 bits per heavy atom. The molecule has 1 amide bonds. The van der Waals surface area contributed by atoms with Crippen molar-refractivity contribution in [3.8, 4) is 0 Å². The van der Waals surface area contributed by atoms with Crippen molar-refractivity contribution in [3.63, 3.8) is 0 Å². The molecule has 1 fully saturated rings. The second-order valence-corrected chi connectivity index (χ2v) is 4.40. The molecule has 3 nitrogen and oxygen atoms in total. The third-order valence-electron chi connectivity index (χ3n) is 2.58. The Balaban J connectivity index is 2.09. The molecular weight excluding hydrogens is 178 g/mol. The Bertz CT molecular complexity index is 174. The average Bonchev–Trinajstić information content (AvgIpc) is 2.15. The number of hydrogen-bond acceptors (Lipinski definition) is 2. The highest BCUT2D eigenvalue weighted by molar-refractivity contribution is 5.67. The van der Waals surface area contributed by atoms with E-state index in [9.17, 15) is 4.79 Å². The first kappa shape index (κ1) is 11.3. The van der Waals surface area contributed by atoms with Gasteiger partial charge in [-0.25, -0.2) is 4.79 Å². The molecule has 1 aliphatic rings. The van der Waals surface area contributed by atoms with Gasteiger partial charge in [-0.3, -0.25) is 0 Å². The van der Waals surface area contributed by atoms with Crippen molar-refractivity contribution < 1.29 is 9.53 Å². The van der Waals surface area contributed by atoms with Crippen LogP contribution in [0.25, 0.3) is 0 Å². The minimum absolute atomic E-state index is 0.161. The van der Waals surface area contributed by atoms with Crippen molar-refractivity contribution in [2.24, 2.45) is 5.92 Å². The molecule has 0 aromatic carbocycles. The smallest absolute Gasteiger partial charge is 0.407 e. The minimum atomic E-state index is -0.273. The van der Waals surface area contributed by atoms with E-state index in [1.807, 2.05) is 13.8 Å². The van der Waals surface area contributed by atoms with E-state index in [0.717, 1.165) is 0 Å². The lowest BCUT2D eigenvalue weighted by Gasteiger charge is -2.21. The first-order chi connectivity index (χ1) is 6.68. The van der Waals surface area contributed by atoms with Crippen molar-refractivity contribution in [1.29, 1.82) is 0 Å². The first-order valence-corrected chi connectivity index (χ1v) is 5.62. The number of carbonyl (C=O) groups is 1. The van der Waals surface area contributed by atoms with Crippen molar-refractivity contribution in [2.45, 2.75) is 52.0 Å². The lowest BCUT2D eigenvalue weighted by Crippen LogP contribution is -2.32. The minimum Gasteiger partial charge on any atom is -0.449 e. The Morgan fingerprint density at radius 2 is 2.00 bits per heavy atom. The highest BCUT2D eigenvalue weighted by Gasteiger charge is 2.15. The van der Waals surface area contributed by atoms with Gasteiger partial charge in [0.15, 0.2) is 0 Å². The van der Waals surface area contributed by atoms with Gasteiger partial charge in [-0.05, 0) is 32.6 Å². The fourth-order valence-corrected chi connectivity index (χ4v) is 1.82. The molecule has 82 valence electrons. The van der Waals surface area contributed by atoms with Gasteiger partial charge in [-0.1, -0.05) is 19.3 Å². The summed E-state index contributed by atoms with van der Waals surface area (Å²) >= 11 is 0. The molecule has 1 saturated carbocycles. The van der Waals surface area contributed by atoms with Crippen LogP contribution >= 0.6 is 0 Å². The zero-order valence-electron chi connectivity index (χ0n) is 9.21. The van der Waals surface area contributed by atoms with E-state index in [-0.39, 0.29) is 12.1 Å². The summed E-state index contributed by atoms with van der Waals surface area (Å²) in [6.45, 7) is 4.46. The summed E-state index contributed by atoms with van der Waals surface area (Å²) in [5.41, 5.74) is 0. The Kier molecular flexibility index (Phi) is 4.77. The van der Waals surface area contributed by atoms with Gasteiger partial charge < -0.3 is 10.1 Å². The van der Waals surface area contributed by atoms with Crippen LogP contribution in [-0.4, -0.2) is 18.7 Å². The summed E-state index contributed by atoms with van der Waals surface area (Å²) in [7, 11) is 0. The largest absolute Gasteiger partial charge is 0.449 e. The number of alkyl carbamates (subject to hydrolysis) is 1. The van der Waals surface area contributed by atoms with Crippen LogP contribution in [0.4, 0.5) is 4.79 Å². The number of hydrogen-bond donors (Lipinski definition) is 1. The number of nitrogens with one attached hydrogen (secondary N) is 1. The van der Waals surface area contributed by atoms with E-state index >= 15 is 0 Å². The van der Waals surface area contributed by atoms with Crippen LogP contribution in [0.1, 0.15) is 46.0 Å². The third-order valence-corrected chi connectivity index (χ3v) is 2.58. The highest BCUT2D eigenvalue weighted by atomic mass is 16.5. The molecule has 0 radical (unpaired) electrons. The molecule has 1 N–H and O–H groups in total. The molecule has 1 rings (SSSR count). The lowest BCUT2D eigenvalue weighted by atomic mass is 9.90. The normalized spacial score (nSPS) is 18.2. The molecule has 0 aromatic rings. The summed E-state index contributed by atoms with van der Waals surface area (Å²) in [5, 5.41) is 2.72. The molecule has 0 heterocycles. The number of rotatable bonds is 3. The summed E-state index contributed by atoms with van der Waals surface area (Å²) in [4.78, 5) is 11.2. The molecule has 0 saturated heterocycles. The SMILES string of the molecule is CC(C)NC(=O)OCC1CCCCC1. The van der Waals surface area contributed by atoms with Crippen LogP contribution in [0.3, 0.4) is 0 Å². The van der Waals surface area contributed by atoms with Crippen LogP contribution in [0, 0.1) is 5.92 Å². The molecule has 0 aromatic heterocycles. The van der Waals surface area contributed by atoms with Gasteiger partial charge in [0.2, 0.25) is 0 Å². The van der Waals surface area contributed by atoms with E-state index in [1.165, 1.54) is 32.1 Å². The van der Waals surface area contributed by atoms with Crippen molar-refractivity contribution >= 4 is 6.09 Å². The fraction of sp³-hybridized carbons (Fsp3) is 0.909. The van der Waals surface area contributed by atoms with Gasteiger partial charge in [0.1, 0.15) is 0 Å². The molecule has 0 atom stereocenters. The quantitative estimate of drug-likeness (QED) is 0.759. The van der Waals surface area contributed by atoms with Crippen molar-refractivity contribution in [2.75, 3.05) is 6.61 Å². The topological polar surface area (TPSA) is 38.3 Å². The molecule has 0 unspecified atom stereocenters. The van der Waals surface area contributed by atoms with Crippen LogP contribution < -0.4 is 5.32 Å². The zero-order chi connectivity index (χ0) is 10.4. The third kappa shape index (κ3) is 4.49. The molecular formula is C11H21NO2. The number of ether oxygens (including phenoxy) is 1. The molecule has 1 aliphatic carbocycles. The first-order valence-electron chi connectivity index (χ1n) is 5.62. The van der Waals surface area contributed by atoms with Gasteiger partial charge in [0.05, 0.1) is 6.61 Å². The van der Waals surface area contributed by atoms with Crippen LogP contribution in [0.15, 0.2) is 0 Å². The predicted molar refractivity (Wildman–Crippen MR) is 56.2 cm³/mol. The van der Waals surface area contributed by atoms with Crippen molar-refractivity contribution in [1.82, 2.24) is 5.32 Å². The van der Waals surface area contributed by atoms with Gasteiger partial charge in [-0.2, -0.15) is 0 Å². The van der Waals surface area contributed by atoms with Crippen LogP contribution in [-0.2, 0) is 4.74 Å². The zero-order valence-corrected chi connectivity index (χ0v) is 9.21. The fourth-order valence-electron chi connectivity index (χ4n) is 1.82. The predicted octanol–water partition coefficient (Wildman–Crippen LogP) is 2.70. The van der Waals surface area contributed by atoms with E-state index in [4.69, 9.17) is 4.74 Å². The van der Waals surface area contributed by atoms with Gasteiger partial charge in [-0.15, -0.1) is 0 Å². The maximum atomic E-state index is 11.2. The van der Waals surface area contributed by atoms with E-state index in [0.29, 0.717) is 12.5 Å². The molecule has 0 bridgehead atoms. The lowest BCUT2D eigenvalue weighted by molar-refractivity contribution is 0.114. The van der Waals surface area contributed by atoms with E-state index in [1.54, 1.807) is 0 Å². The summed E-state index contributed by atoms with van der Waals surface area (Å²) in [6.07, 6.45) is 6.09. The van der Waals surface area contributed by atoms with Gasteiger partial charge in [0.25, 0.3) is 0 Å². The second kappa shape index (κ2) is 5.89. The standard InChI is InChI=1S/C11H21NO2/c1-9(2)12-11(13)14-8-10-6-4-3-5-7-10/h9-10H,3-8H2,1-2H3,(H,12,13). The van der Waals surface area contributed by atoms with Crippen molar-refractivity contribution in [3.05, 3.63) is 0 Å². The van der Waals surface area contributed by atoms with Crippen LogP contribution in [0.2, 0.25) is 0 Å². The number of carbonyl (C=O) groups excluding carboxylic acids is 1. The Labute approximate surface area is 86.2 Å². The molecule has 3 heteroatoms. The average molecular weight is 199 g/mol. The summed E-state index contributed by atoms with van der Waals surface area (Å²) in [6, 6.07) is 0.161. The summed E-state index contributed by atoms with van der Waals surface area (Å²) in [5.74, 6) is 0.599. The Morgan fingerprint density at radius 3 is 2.57 bits per heavy atom. The van der Waals surface area contributed by atoms with E-state index in [2.05, 4.69) is 5.32 Å². The highest BCUT2D eigenvalue weighted by Crippen LogP contribution is 2.23. The monoisotopic (exact) mass is 199 g/mol. The maximum absolute atomic E-state index is 11.2. The van der Waals surface area contributed by atoms with Gasteiger partial charge in [0, 0.05) is 6.04 Å². The maximum Gasteiger partial charge on any atom is 0.407 e. The Hall–Kier alpha value is -0.730. The summed E-state index contributed by atoms with van der Waals surface area (Å²) < 4.78 is 5.14. The van der Waals surface area contributed by atoms with Gasteiger partial charge >= 0.3 is 6.09 Å². The van der Waals surface area contributed by atoms with E-state index < -0.39 is 0 Å². The van der Waals surface area contributed by atoms with Crippen LogP contribution in [0.5, 0.6) is 0 Å².